The van der Waals surface area contributed by atoms with E-state index in [1.807, 2.05) is 25.1 Å². The highest BCUT2D eigenvalue weighted by atomic mass is 16.5. The summed E-state index contributed by atoms with van der Waals surface area (Å²) in [6, 6.07) is 5.73. The maximum atomic E-state index is 5.78. The number of nitrogens with two attached hydrogens (primary N) is 1. The number of benzene rings is 1. The molecule has 1 aromatic carbocycles. The molecule has 1 heterocycles. The predicted octanol–water partition coefficient (Wildman–Crippen LogP) is 1.72. The number of hydrogen-bond donors (Lipinski definition) is 1. The fraction of sp³-hybridized carbons (Fsp3) is 0.429. The molecule has 0 unspecified atom stereocenters. The molecule has 2 N–H and O–H groups in total. The molecule has 0 spiro atoms. The predicted molar refractivity (Wildman–Crippen MR) is 73.8 cm³/mol. The van der Waals surface area contributed by atoms with Gasteiger partial charge in [-0.1, -0.05) is 19.1 Å². The number of ether oxygens (including phenoxy) is 2. The number of rotatable bonds is 7. The summed E-state index contributed by atoms with van der Waals surface area (Å²) in [5, 5.41) is 7.83. The summed E-state index contributed by atoms with van der Waals surface area (Å²) >= 11 is 0. The Kier molecular flexibility index (Phi) is 4.95. The van der Waals surface area contributed by atoms with Crippen LogP contribution in [0.3, 0.4) is 0 Å². The summed E-state index contributed by atoms with van der Waals surface area (Å²) in [5.41, 5.74) is 6.61. The van der Waals surface area contributed by atoms with E-state index in [-0.39, 0.29) is 6.61 Å². The molecule has 108 valence electrons. The maximum absolute atomic E-state index is 5.78. The highest BCUT2D eigenvalue weighted by Crippen LogP contribution is 2.31. The van der Waals surface area contributed by atoms with Gasteiger partial charge in [-0.3, -0.25) is 0 Å². The van der Waals surface area contributed by atoms with E-state index >= 15 is 0 Å². The SMILES string of the molecule is CCc1nnc(COc2c(CCN)cccc2OC)o1. The van der Waals surface area contributed by atoms with Crippen LogP contribution >= 0.6 is 0 Å². The van der Waals surface area contributed by atoms with Crippen molar-refractivity contribution in [1.29, 1.82) is 0 Å². The first-order valence-electron chi connectivity index (χ1n) is 6.58. The summed E-state index contributed by atoms with van der Waals surface area (Å²) in [6.45, 7) is 2.72. The summed E-state index contributed by atoms with van der Waals surface area (Å²) in [7, 11) is 1.61. The molecule has 6 nitrogen and oxygen atoms in total. The van der Waals surface area contributed by atoms with Gasteiger partial charge < -0.3 is 19.6 Å². The van der Waals surface area contributed by atoms with Crippen LogP contribution in [0.5, 0.6) is 11.5 Å². The summed E-state index contributed by atoms with van der Waals surface area (Å²) in [6.07, 6.45) is 1.43. The van der Waals surface area contributed by atoms with Crippen molar-refractivity contribution >= 4 is 0 Å². The molecule has 0 amide bonds. The Morgan fingerprint density at radius 1 is 1.25 bits per heavy atom. The molecule has 0 aliphatic carbocycles. The van der Waals surface area contributed by atoms with E-state index in [1.54, 1.807) is 7.11 Å². The van der Waals surface area contributed by atoms with Gasteiger partial charge in [-0.15, -0.1) is 10.2 Å². The Hall–Kier alpha value is -2.08. The van der Waals surface area contributed by atoms with E-state index in [1.165, 1.54) is 0 Å². The van der Waals surface area contributed by atoms with Gasteiger partial charge in [0.1, 0.15) is 0 Å². The van der Waals surface area contributed by atoms with Gasteiger partial charge >= 0.3 is 0 Å². The molecule has 0 aliphatic heterocycles. The van der Waals surface area contributed by atoms with Crippen LogP contribution in [0.4, 0.5) is 0 Å². The minimum absolute atomic E-state index is 0.213. The van der Waals surface area contributed by atoms with Gasteiger partial charge in [0.05, 0.1) is 7.11 Å². The van der Waals surface area contributed by atoms with Crippen LogP contribution in [-0.2, 0) is 19.4 Å². The lowest BCUT2D eigenvalue weighted by Crippen LogP contribution is -2.06. The minimum Gasteiger partial charge on any atom is -0.493 e. The first kappa shape index (κ1) is 14.3. The van der Waals surface area contributed by atoms with Crippen molar-refractivity contribution in [3.8, 4) is 11.5 Å². The second-order valence-electron chi connectivity index (χ2n) is 4.22. The average Bonchev–Trinajstić information content (AvgIpc) is 2.94. The van der Waals surface area contributed by atoms with Gasteiger partial charge in [0, 0.05) is 6.42 Å². The molecule has 0 atom stereocenters. The topological polar surface area (TPSA) is 83.4 Å². The third-order valence-corrected chi connectivity index (χ3v) is 2.85. The monoisotopic (exact) mass is 277 g/mol. The van der Waals surface area contributed by atoms with E-state index in [0.29, 0.717) is 36.2 Å². The quantitative estimate of drug-likeness (QED) is 0.829. The molecule has 0 saturated carbocycles. The van der Waals surface area contributed by atoms with Crippen LogP contribution in [0.15, 0.2) is 22.6 Å². The van der Waals surface area contributed by atoms with Gasteiger partial charge in [-0.05, 0) is 24.6 Å². The Morgan fingerprint density at radius 2 is 2.05 bits per heavy atom. The number of nitrogens with zero attached hydrogens (tertiary/aromatic N) is 2. The lowest BCUT2D eigenvalue weighted by molar-refractivity contribution is 0.244. The Morgan fingerprint density at radius 3 is 2.70 bits per heavy atom. The Bertz CT molecular complexity index is 554. The molecule has 0 fully saturated rings. The molecule has 2 aromatic rings. The van der Waals surface area contributed by atoms with Crippen LogP contribution in [0.1, 0.15) is 24.3 Å². The normalized spacial score (nSPS) is 10.6. The van der Waals surface area contributed by atoms with Crippen molar-refractivity contribution in [3.05, 3.63) is 35.5 Å². The minimum atomic E-state index is 0.213. The number of aryl methyl sites for hydroxylation is 1. The van der Waals surface area contributed by atoms with Crippen LogP contribution in [0, 0.1) is 0 Å². The largest absolute Gasteiger partial charge is 0.493 e. The first-order chi connectivity index (χ1) is 9.78. The molecule has 0 bridgehead atoms. The molecular formula is C14H19N3O3. The Labute approximate surface area is 117 Å². The van der Waals surface area contributed by atoms with Crippen molar-refractivity contribution < 1.29 is 13.9 Å². The van der Waals surface area contributed by atoms with Crippen LogP contribution in [0.25, 0.3) is 0 Å². The van der Waals surface area contributed by atoms with Crippen molar-refractivity contribution in [1.82, 2.24) is 10.2 Å². The fourth-order valence-corrected chi connectivity index (χ4v) is 1.86. The van der Waals surface area contributed by atoms with Gasteiger partial charge in [-0.25, -0.2) is 0 Å². The third-order valence-electron chi connectivity index (χ3n) is 2.85. The lowest BCUT2D eigenvalue weighted by atomic mass is 10.1. The van der Waals surface area contributed by atoms with E-state index in [2.05, 4.69) is 10.2 Å². The molecule has 2 rings (SSSR count). The number of hydrogen-bond acceptors (Lipinski definition) is 6. The summed E-state index contributed by atoms with van der Waals surface area (Å²) in [4.78, 5) is 0. The third kappa shape index (κ3) is 3.27. The standard InChI is InChI=1S/C14H19N3O3/c1-3-12-16-17-13(20-12)9-19-14-10(7-8-15)5-4-6-11(14)18-2/h4-6H,3,7-9,15H2,1-2H3. The van der Waals surface area contributed by atoms with Crippen LogP contribution in [-0.4, -0.2) is 23.9 Å². The molecular weight excluding hydrogens is 258 g/mol. The first-order valence-corrected chi connectivity index (χ1v) is 6.58. The highest BCUT2D eigenvalue weighted by molar-refractivity contribution is 5.46. The van der Waals surface area contributed by atoms with Crippen LogP contribution < -0.4 is 15.2 Å². The van der Waals surface area contributed by atoms with Crippen molar-refractivity contribution in [2.75, 3.05) is 13.7 Å². The molecule has 20 heavy (non-hydrogen) atoms. The molecule has 1 aromatic heterocycles. The highest BCUT2D eigenvalue weighted by Gasteiger charge is 2.12. The van der Waals surface area contributed by atoms with Gasteiger partial charge in [0.2, 0.25) is 5.89 Å². The zero-order chi connectivity index (χ0) is 14.4. The fourth-order valence-electron chi connectivity index (χ4n) is 1.86. The number of para-hydroxylation sites is 1. The van der Waals surface area contributed by atoms with Gasteiger partial charge in [0.25, 0.3) is 5.89 Å². The van der Waals surface area contributed by atoms with Gasteiger partial charge in [-0.2, -0.15) is 0 Å². The second-order valence-corrected chi connectivity index (χ2v) is 4.22. The Balaban J connectivity index is 2.14. The summed E-state index contributed by atoms with van der Waals surface area (Å²) in [5.74, 6) is 2.40. The zero-order valence-electron chi connectivity index (χ0n) is 11.8. The maximum Gasteiger partial charge on any atom is 0.253 e. The lowest BCUT2D eigenvalue weighted by Gasteiger charge is -2.13. The zero-order valence-corrected chi connectivity index (χ0v) is 11.8. The number of aromatic nitrogens is 2. The van der Waals surface area contributed by atoms with Crippen molar-refractivity contribution in [3.63, 3.8) is 0 Å². The van der Waals surface area contributed by atoms with E-state index in [0.717, 1.165) is 12.0 Å². The van der Waals surface area contributed by atoms with E-state index in [4.69, 9.17) is 19.6 Å². The van der Waals surface area contributed by atoms with Gasteiger partial charge in [0.15, 0.2) is 18.1 Å². The molecule has 0 aliphatic rings. The molecule has 6 heteroatoms. The molecule has 0 saturated heterocycles. The second kappa shape index (κ2) is 6.91. The average molecular weight is 277 g/mol. The van der Waals surface area contributed by atoms with Crippen molar-refractivity contribution in [2.45, 2.75) is 26.4 Å². The van der Waals surface area contributed by atoms with Crippen molar-refractivity contribution in [2.24, 2.45) is 5.73 Å². The van der Waals surface area contributed by atoms with E-state index < -0.39 is 0 Å². The summed E-state index contributed by atoms with van der Waals surface area (Å²) < 4.78 is 16.5. The van der Waals surface area contributed by atoms with E-state index in [9.17, 15) is 0 Å². The van der Waals surface area contributed by atoms with Crippen LogP contribution in [0.2, 0.25) is 0 Å². The molecule has 0 radical (unpaired) electrons. The number of methoxy groups -OCH3 is 1. The smallest absolute Gasteiger partial charge is 0.253 e.